The van der Waals surface area contributed by atoms with E-state index in [2.05, 4.69) is 21.1 Å². The average molecular weight is 508 g/mol. The van der Waals surface area contributed by atoms with Crippen LogP contribution in [0.2, 0.25) is 0 Å². The van der Waals surface area contributed by atoms with Gasteiger partial charge >= 0.3 is 6.36 Å². The van der Waals surface area contributed by atoms with Crippen molar-refractivity contribution < 1.29 is 22.7 Å². The van der Waals surface area contributed by atoms with Gasteiger partial charge in [0.1, 0.15) is 5.75 Å². The molecule has 0 saturated heterocycles. The van der Waals surface area contributed by atoms with Crippen molar-refractivity contribution in [1.29, 1.82) is 0 Å². The largest absolute Gasteiger partial charge is 0.573 e. The van der Waals surface area contributed by atoms with Gasteiger partial charge in [-0.2, -0.15) is 0 Å². The fourth-order valence-electron chi connectivity index (χ4n) is 4.25. The molecule has 0 aliphatic heterocycles. The summed E-state index contributed by atoms with van der Waals surface area (Å²) in [4.78, 5) is 20.8. The maximum Gasteiger partial charge on any atom is 0.573 e. The Labute approximate surface area is 207 Å². The first kappa shape index (κ1) is 22.6. The minimum absolute atomic E-state index is 0.0611. The Morgan fingerprint density at radius 3 is 2.69 bits per heavy atom. The number of hydrogen-bond acceptors (Lipinski definition) is 4. The van der Waals surface area contributed by atoms with Gasteiger partial charge in [0, 0.05) is 29.6 Å². The summed E-state index contributed by atoms with van der Waals surface area (Å²) < 4.78 is 42.6. The van der Waals surface area contributed by atoms with E-state index in [-0.39, 0.29) is 18.2 Å². The van der Waals surface area contributed by atoms with Crippen molar-refractivity contribution in [3.63, 3.8) is 0 Å². The van der Waals surface area contributed by atoms with Crippen LogP contribution >= 0.6 is 11.3 Å². The average Bonchev–Trinajstić information content (AvgIpc) is 3.47. The molecule has 2 heterocycles. The summed E-state index contributed by atoms with van der Waals surface area (Å²) in [5.41, 5.74) is 4.82. The number of rotatable bonds is 6. The smallest absolute Gasteiger partial charge is 0.406 e. The predicted octanol–water partition coefficient (Wildman–Crippen LogP) is 7.15. The van der Waals surface area contributed by atoms with E-state index in [9.17, 15) is 18.0 Å². The monoisotopic (exact) mass is 507 g/mol. The van der Waals surface area contributed by atoms with Crippen molar-refractivity contribution in [2.75, 3.05) is 0 Å². The molecule has 1 saturated carbocycles. The highest BCUT2D eigenvalue weighted by molar-refractivity contribution is 7.18. The molecule has 0 unspecified atom stereocenters. The highest BCUT2D eigenvalue weighted by atomic mass is 32.1. The Morgan fingerprint density at radius 2 is 1.89 bits per heavy atom. The Hall–Kier alpha value is -3.85. The van der Waals surface area contributed by atoms with E-state index in [1.807, 2.05) is 30.3 Å². The van der Waals surface area contributed by atoms with E-state index >= 15 is 0 Å². The lowest BCUT2D eigenvalue weighted by molar-refractivity contribution is -0.274. The third-order valence-electron chi connectivity index (χ3n) is 6.18. The van der Waals surface area contributed by atoms with Crippen molar-refractivity contribution in [3.8, 4) is 16.9 Å². The fourth-order valence-corrected chi connectivity index (χ4v) is 5.42. The van der Waals surface area contributed by atoms with Crippen LogP contribution in [-0.4, -0.2) is 22.2 Å². The van der Waals surface area contributed by atoms with E-state index in [1.54, 1.807) is 23.6 Å². The lowest BCUT2D eigenvalue weighted by Gasteiger charge is -2.10. The van der Waals surface area contributed by atoms with Gasteiger partial charge in [-0.25, -0.2) is 4.98 Å². The van der Waals surface area contributed by atoms with E-state index in [1.165, 1.54) is 36.0 Å². The SMILES string of the molecule is O=C(NCc1cccc(OC(F)(F)F)c1)c1c[nH]c2ccc(-c3ccc4nc(C5CC5)sc4c3)cc12. The summed E-state index contributed by atoms with van der Waals surface area (Å²) in [6.45, 7) is 0.0611. The molecule has 0 radical (unpaired) electrons. The molecule has 1 amide bonds. The molecule has 5 aromatic rings. The molecule has 0 spiro atoms. The number of benzene rings is 3. The van der Waals surface area contributed by atoms with Crippen LogP contribution in [0.1, 0.15) is 39.7 Å². The van der Waals surface area contributed by atoms with Crippen LogP contribution < -0.4 is 10.1 Å². The van der Waals surface area contributed by atoms with Gasteiger partial charge in [-0.1, -0.05) is 24.3 Å². The first-order chi connectivity index (χ1) is 17.3. The van der Waals surface area contributed by atoms with Crippen LogP contribution in [0.4, 0.5) is 13.2 Å². The Bertz CT molecular complexity index is 1600. The normalized spacial score (nSPS) is 13.9. The van der Waals surface area contributed by atoms with Crippen LogP contribution in [0.5, 0.6) is 5.75 Å². The maximum absolute atomic E-state index is 13.0. The number of carbonyl (C=O) groups is 1. The van der Waals surface area contributed by atoms with E-state index in [0.29, 0.717) is 17.0 Å². The fraction of sp³-hybridized carbons (Fsp3) is 0.185. The minimum Gasteiger partial charge on any atom is -0.406 e. The number of hydrogen-bond donors (Lipinski definition) is 2. The van der Waals surface area contributed by atoms with Gasteiger partial charge in [-0.05, 0) is 65.9 Å². The zero-order valence-electron chi connectivity index (χ0n) is 18.9. The summed E-state index contributed by atoms with van der Waals surface area (Å²) in [5, 5.41) is 4.76. The molecule has 2 N–H and O–H groups in total. The molecule has 2 aromatic heterocycles. The van der Waals surface area contributed by atoms with E-state index in [0.717, 1.165) is 32.2 Å². The third kappa shape index (κ3) is 4.66. The van der Waals surface area contributed by atoms with Gasteiger partial charge in [0.2, 0.25) is 0 Å². The van der Waals surface area contributed by atoms with Gasteiger partial charge in [-0.3, -0.25) is 4.79 Å². The molecule has 3 aromatic carbocycles. The molecule has 0 bridgehead atoms. The Balaban J connectivity index is 1.23. The maximum atomic E-state index is 13.0. The van der Waals surface area contributed by atoms with Gasteiger partial charge < -0.3 is 15.0 Å². The topological polar surface area (TPSA) is 67.0 Å². The van der Waals surface area contributed by atoms with Crippen LogP contribution in [0, 0.1) is 0 Å². The number of aromatic amines is 1. The Kier molecular flexibility index (Phi) is 5.44. The number of aromatic nitrogens is 2. The number of halogens is 3. The number of H-pyrrole nitrogens is 1. The van der Waals surface area contributed by atoms with Crippen molar-refractivity contribution >= 4 is 38.4 Å². The van der Waals surface area contributed by atoms with E-state index < -0.39 is 6.36 Å². The number of amides is 1. The highest BCUT2D eigenvalue weighted by Gasteiger charge is 2.31. The van der Waals surface area contributed by atoms with Crippen molar-refractivity contribution in [3.05, 3.63) is 83.0 Å². The number of nitrogens with zero attached hydrogens (tertiary/aromatic N) is 1. The zero-order valence-corrected chi connectivity index (χ0v) is 19.7. The molecule has 0 atom stereocenters. The standard InChI is InChI=1S/C27H20F3N3O2S/c28-27(29,30)35-19-3-1-2-15(10-19)13-32-25(34)21-14-31-22-8-6-17(11-20(21)22)18-7-9-23-24(12-18)36-26(33-23)16-4-5-16/h1-3,6-12,14,16,31H,4-5,13H2,(H,32,34). The van der Waals surface area contributed by atoms with Crippen LogP contribution in [-0.2, 0) is 6.54 Å². The molecule has 1 fully saturated rings. The van der Waals surface area contributed by atoms with Crippen LogP contribution in [0.15, 0.2) is 66.9 Å². The number of ether oxygens (including phenoxy) is 1. The van der Waals surface area contributed by atoms with Crippen LogP contribution in [0.3, 0.4) is 0 Å². The van der Waals surface area contributed by atoms with Gasteiger partial charge in [-0.15, -0.1) is 24.5 Å². The molecule has 1 aliphatic rings. The first-order valence-corrected chi connectivity index (χ1v) is 12.3. The molecule has 36 heavy (non-hydrogen) atoms. The number of nitrogens with one attached hydrogen (secondary N) is 2. The van der Waals surface area contributed by atoms with Crippen molar-refractivity contribution in [1.82, 2.24) is 15.3 Å². The summed E-state index contributed by atoms with van der Waals surface area (Å²) in [7, 11) is 0. The zero-order chi connectivity index (χ0) is 24.9. The molecule has 6 rings (SSSR count). The molecule has 9 heteroatoms. The lowest BCUT2D eigenvalue weighted by atomic mass is 10.0. The van der Waals surface area contributed by atoms with Gasteiger partial charge in [0.25, 0.3) is 5.91 Å². The third-order valence-corrected chi connectivity index (χ3v) is 7.36. The summed E-state index contributed by atoms with van der Waals surface area (Å²) >= 11 is 1.75. The van der Waals surface area contributed by atoms with E-state index in [4.69, 9.17) is 4.98 Å². The number of alkyl halides is 3. The van der Waals surface area contributed by atoms with Crippen LogP contribution in [0.25, 0.3) is 32.2 Å². The van der Waals surface area contributed by atoms with Crippen molar-refractivity contribution in [2.24, 2.45) is 0 Å². The summed E-state index contributed by atoms with van der Waals surface area (Å²) in [6.07, 6.45) is -0.697. The molecular weight excluding hydrogens is 487 g/mol. The van der Waals surface area contributed by atoms with Crippen molar-refractivity contribution in [2.45, 2.75) is 31.7 Å². The second kappa shape index (κ2) is 8.67. The second-order valence-electron chi connectivity index (χ2n) is 8.85. The quantitative estimate of drug-likeness (QED) is 0.256. The van der Waals surface area contributed by atoms with Gasteiger partial charge in [0.05, 0.1) is 20.8 Å². The van der Waals surface area contributed by atoms with Gasteiger partial charge in [0.15, 0.2) is 0 Å². The molecular formula is C27H20F3N3O2S. The highest BCUT2D eigenvalue weighted by Crippen LogP contribution is 2.43. The lowest BCUT2D eigenvalue weighted by Crippen LogP contribution is -2.22. The Morgan fingerprint density at radius 1 is 1.08 bits per heavy atom. The second-order valence-corrected chi connectivity index (χ2v) is 9.91. The summed E-state index contributed by atoms with van der Waals surface area (Å²) in [5.74, 6) is -0.0385. The number of carbonyl (C=O) groups excluding carboxylic acids is 1. The molecule has 1 aliphatic carbocycles. The number of fused-ring (bicyclic) bond motifs is 2. The molecule has 182 valence electrons. The predicted molar refractivity (Wildman–Crippen MR) is 133 cm³/mol. The number of thiazole rings is 1. The minimum atomic E-state index is -4.77. The molecule has 5 nitrogen and oxygen atoms in total. The summed E-state index contributed by atoms with van der Waals surface area (Å²) in [6, 6.07) is 17.7. The first-order valence-electron chi connectivity index (χ1n) is 11.5.